The molecule has 17 heavy (non-hydrogen) atoms. The maximum absolute atomic E-state index is 11.4. The van der Waals surface area contributed by atoms with Crippen molar-refractivity contribution < 1.29 is 9.53 Å². The van der Waals surface area contributed by atoms with Crippen molar-refractivity contribution in [3.63, 3.8) is 0 Å². The Morgan fingerprint density at radius 3 is 2.94 bits per heavy atom. The Bertz CT molecular complexity index is 453. The Morgan fingerprint density at radius 1 is 1.65 bits per heavy atom. The third-order valence-electron chi connectivity index (χ3n) is 1.95. The second-order valence-corrected chi connectivity index (χ2v) is 3.45. The summed E-state index contributed by atoms with van der Waals surface area (Å²) >= 11 is 0. The van der Waals surface area contributed by atoms with Gasteiger partial charge in [0.05, 0.1) is 6.61 Å². The highest BCUT2D eigenvalue weighted by Crippen LogP contribution is 2.06. The zero-order chi connectivity index (χ0) is 12.8. The smallest absolute Gasteiger partial charge is 0.328 e. The van der Waals surface area contributed by atoms with E-state index in [2.05, 4.69) is 15.3 Å². The summed E-state index contributed by atoms with van der Waals surface area (Å²) < 4.78 is 4.84. The zero-order valence-electron chi connectivity index (χ0n) is 10.0. The van der Waals surface area contributed by atoms with Gasteiger partial charge in [0.15, 0.2) is 0 Å². The average Bonchev–Trinajstić information content (AvgIpc) is 2.28. The molecule has 0 aliphatic heterocycles. The Morgan fingerprint density at radius 2 is 2.35 bits per heavy atom. The van der Waals surface area contributed by atoms with Gasteiger partial charge in [-0.2, -0.15) is 5.26 Å². The van der Waals surface area contributed by atoms with Gasteiger partial charge in [-0.25, -0.2) is 14.8 Å². The van der Waals surface area contributed by atoms with Gasteiger partial charge >= 0.3 is 5.97 Å². The molecule has 90 valence electrons. The molecule has 1 atom stereocenters. The lowest BCUT2D eigenvalue weighted by Crippen LogP contribution is -2.29. The molecule has 0 fully saturated rings. The van der Waals surface area contributed by atoms with Crippen LogP contribution in [0.3, 0.4) is 0 Å². The summed E-state index contributed by atoms with van der Waals surface area (Å²) in [5.74, 6) is -0.127. The number of aromatic nitrogens is 2. The summed E-state index contributed by atoms with van der Waals surface area (Å²) in [4.78, 5) is 19.4. The predicted molar refractivity (Wildman–Crippen MR) is 61.2 cm³/mol. The summed E-state index contributed by atoms with van der Waals surface area (Å²) in [6.07, 6.45) is 0. The number of nitrogens with zero attached hydrogens (tertiary/aromatic N) is 3. The van der Waals surface area contributed by atoms with Gasteiger partial charge in [0.2, 0.25) is 5.95 Å². The van der Waals surface area contributed by atoms with Crippen molar-refractivity contribution in [1.82, 2.24) is 9.97 Å². The molecule has 6 heteroatoms. The van der Waals surface area contributed by atoms with Crippen LogP contribution in [0.15, 0.2) is 6.07 Å². The minimum absolute atomic E-state index is 0.252. The van der Waals surface area contributed by atoms with Gasteiger partial charge in [0, 0.05) is 5.69 Å². The lowest BCUT2D eigenvalue weighted by Gasteiger charge is -2.12. The largest absolute Gasteiger partial charge is 0.464 e. The van der Waals surface area contributed by atoms with Gasteiger partial charge < -0.3 is 10.1 Å². The van der Waals surface area contributed by atoms with Crippen LogP contribution in [-0.2, 0) is 9.53 Å². The molecule has 0 saturated heterocycles. The lowest BCUT2D eigenvalue weighted by atomic mass is 10.3. The van der Waals surface area contributed by atoms with Gasteiger partial charge in [0.25, 0.3) is 0 Å². The van der Waals surface area contributed by atoms with Crippen LogP contribution in [0.2, 0.25) is 0 Å². The summed E-state index contributed by atoms with van der Waals surface area (Å²) in [7, 11) is 0. The Balaban J connectivity index is 2.78. The van der Waals surface area contributed by atoms with Crippen LogP contribution in [0.25, 0.3) is 0 Å². The number of carbonyl (C=O) groups excluding carboxylic acids is 1. The first-order valence-corrected chi connectivity index (χ1v) is 5.25. The molecule has 0 aromatic carbocycles. The number of ether oxygens (including phenoxy) is 1. The number of anilines is 1. The number of carbonyl (C=O) groups is 1. The first-order chi connectivity index (χ1) is 8.06. The molecule has 6 nitrogen and oxygen atoms in total. The van der Waals surface area contributed by atoms with Crippen LogP contribution in [0.4, 0.5) is 5.95 Å². The second kappa shape index (κ2) is 5.80. The minimum atomic E-state index is -0.553. The van der Waals surface area contributed by atoms with Crippen LogP contribution >= 0.6 is 0 Å². The SMILES string of the molecule is CCOC(=O)C(C)Nc1nc(C)cc(C#N)n1. The number of aryl methyl sites for hydroxylation is 1. The van der Waals surface area contributed by atoms with Crippen molar-refractivity contribution >= 4 is 11.9 Å². The molecule has 0 radical (unpaired) electrons. The van der Waals surface area contributed by atoms with Crippen LogP contribution < -0.4 is 5.32 Å². The third kappa shape index (κ3) is 3.72. The molecule has 1 N–H and O–H groups in total. The number of esters is 1. The number of nitriles is 1. The quantitative estimate of drug-likeness (QED) is 0.782. The Labute approximate surface area is 99.6 Å². The van der Waals surface area contributed by atoms with Gasteiger partial charge in [-0.05, 0) is 26.8 Å². The van der Waals surface area contributed by atoms with Crippen LogP contribution in [0.5, 0.6) is 0 Å². The molecule has 0 bridgehead atoms. The van der Waals surface area contributed by atoms with E-state index in [1.807, 2.05) is 6.07 Å². The summed E-state index contributed by atoms with van der Waals surface area (Å²) in [5, 5.41) is 11.5. The molecular weight excluding hydrogens is 220 g/mol. The van der Waals surface area contributed by atoms with Gasteiger partial charge in [-0.1, -0.05) is 0 Å². The average molecular weight is 234 g/mol. The predicted octanol–water partition coefficient (Wildman–Crippen LogP) is 1.02. The molecule has 1 aromatic rings. The Hall–Kier alpha value is -2.16. The van der Waals surface area contributed by atoms with E-state index in [9.17, 15) is 4.79 Å². The molecule has 0 aliphatic rings. The van der Waals surface area contributed by atoms with E-state index in [1.54, 1.807) is 26.8 Å². The number of hydrogen-bond donors (Lipinski definition) is 1. The molecule has 1 aromatic heterocycles. The van der Waals surface area contributed by atoms with Crippen LogP contribution in [0, 0.1) is 18.3 Å². The lowest BCUT2D eigenvalue weighted by molar-refractivity contribution is -0.143. The topological polar surface area (TPSA) is 87.9 Å². The van der Waals surface area contributed by atoms with Gasteiger partial charge in [-0.15, -0.1) is 0 Å². The molecule has 1 rings (SSSR count). The normalized spacial score (nSPS) is 11.4. The number of rotatable bonds is 4. The molecule has 0 aliphatic carbocycles. The highest BCUT2D eigenvalue weighted by Gasteiger charge is 2.15. The molecule has 0 amide bonds. The van der Waals surface area contributed by atoms with E-state index in [0.717, 1.165) is 0 Å². The molecule has 0 saturated carbocycles. The van der Waals surface area contributed by atoms with E-state index in [4.69, 9.17) is 10.00 Å². The third-order valence-corrected chi connectivity index (χ3v) is 1.95. The standard InChI is InChI=1S/C11H14N4O2/c1-4-17-10(16)8(3)14-11-13-7(2)5-9(6-12)15-11/h5,8H,4H2,1-3H3,(H,13,14,15). The fraction of sp³-hybridized carbons (Fsp3) is 0.455. The number of hydrogen-bond acceptors (Lipinski definition) is 6. The van der Waals surface area contributed by atoms with Gasteiger partial charge in [-0.3, -0.25) is 0 Å². The van der Waals surface area contributed by atoms with Crippen molar-refractivity contribution in [1.29, 1.82) is 5.26 Å². The zero-order valence-corrected chi connectivity index (χ0v) is 10.0. The van der Waals surface area contributed by atoms with Crippen molar-refractivity contribution in [2.75, 3.05) is 11.9 Å². The second-order valence-electron chi connectivity index (χ2n) is 3.45. The molecule has 1 heterocycles. The molecule has 1 unspecified atom stereocenters. The van der Waals surface area contributed by atoms with Crippen molar-refractivity contribution in [3.05, 3.63) is 17.5 Å². The van der Waals surface area contributed by atoms with E-state index >= 15 is 0 Å². The highest BCUT2D eigenvalue weighted by molar-refractivity contribution is 5.78. The van der Waals surface area contributed by atoms with E-state index in [1.165, 1.54) is 0 Å². The molecular formula is C11H14N4O2. The maximum Gasteiger partial charge on any atom is 0.328 e. The van der Waals surface area contributed by atoms with Crippen molar-refractivity contribution in [2.45, 2.75) is 26.8 Å². The Kier molecular flexibility index (Phi) is 4.40. The molecule has 0 spiro atoms. The summed E-state index contributed by atoms with van der Waals surface area (Å²) in [5.41, 5.74) is 0.922. The number of nitrogens with one attached hydrogen (secondary N) is 1. The maximum atomic E-state index is 11.4. The van der Waals surface area contributed by atoms with E-state index in [-0.39, 0.29) is 17.6 Å². The fourth-order valence-corrected chi connectivity index (χ4v) is 1.21. The monoisotopic (exact) mass is 234 g/mol. The summed E-state index contributed by atoms with van der Waals surface area (Å²) in [6.45, 7) is 5.46. The van der Waals surface area contributed by atoms with Gasteiger partial charge in [0.1, 0.15) is 17.8 Å². The van der Waals surface area contributed by atoms with Crippen molar-refractivity contribution in [3.8, 4) is 6.07 Å². The fourth-order valence-electron chi connectivity index (χ4n) is 1.21. The van der Waals surface area contributed by atoms with Crippen LogP contribution in [0.1, 0.15) is 25.2 Å². The first-order valence-electron chi connectivity index (χ1n) is 5.25. The first kappa shape index (κ1) is 12.9. The van der Waals surface area contributed by atoms with Crippen molar-refractivity contribution in [2.24, 2.45) is 0 Å². The highest BCUT2D eigenvalue weighted by atomic mass is 16.5. The van der Waals surface area contributed by atoms with Crippen LogP contribution in [-0.4, -0.2) is 28.6 Å². The minimum Gasteiger partial charge on any atom is -0.464 e. The summed E-state index contributed by atoms with van der Waals surface area (Å²) in [6, 6.07) is 2.95. The van der Waals surface area contributed by atoms with E-state index in [0.29, 0.717) is 12.3 Å². The van der Waals surface area contributed by atoms with E-state index < -0.39 is 6.04 Å².